The number of allylic oxidation sites excluding steroid dienone is 1. The van der Waals surface area contributed by atoms with Gasteiger partial charge in [-0.3, -0.25) is 0 Å². The van der Waals surface area contributed by atoms with Crippen LogP contribution in [0.25, 0.3) is 5.57 Å². The average molecular weight is 295 g/mol. The van der Waals surface area contributed by atoms with Crippen LogP contribution < -0.4 is 9.47 Å². The Hall–Kier alpha value is -1.19. The fourth-order valence-corrected chi connectivity index (χ4v) is 3.70. The largest absolute Gasteiger partial charge is 0.493 e. The van der Waals surface area contributed by atoms with Crippen LogP contribution in [0.15, 0.2) is 12.1 Å². The van der Waals surface area contributed by atoms with Gasteiger partial charge in [0, 0.05) is 16.7 Å². The third kappa shape index (κ3) is 2.09. The molecule has 3 nitrogen and oxygen atoms in total. The molecule has 1 aromatic carbocycles. The molecule has 2 aliphatic carbocycles. The van der Waals surface area contributed by atoms with Gasteiger partial charge < -0.3 is 14.6 Å². The van der Waals surface area contributed by atoms with E-state index in [-0.39, 0.29) is 6.10 Å². The third-order valence-corrected chi connectivity index (χ3v) is 4.71. The van der Waals surface area contributed by atoms with E-state index < -0.39 is 0 Å². The van der Waals surface area contributed by atoms with Crippen molar-refractivity contribution in [3.8, 4) is 11.5 Å². The maximum atomic E-state index is 9.95. The van der Waals surface area contributed by atoms with Crippen LogP contribution in [0.5, 0.6) is 11.5 Å². The minimum Gasteiger partial charge on any atom is -0.493 e. The van der Waals surface area contributed by atoms with Gasteiger partial charge in [0.25, 0.3) is 0 Å². The van der Waals surface area contributed by atoms with Crippen molar-refractivity contribution in [1.82, 2.24) is 0 Å². The van der Waals surface area contributed by atoms with E-state index in [1.54, 1.807) is 14.2 Å². The Balaban J connectivity index is 2.24. The molecule has 1 N–H and O–H groups in total. The number of benzene rings is 1. The lowest BCUT2D eigenvalue weighted by Gasteiger charge is -2.34. The molecule has 20 heavy (non-hydrogen) atoms. The third-order valence-electron chi connectivity index (χ3n) is 4.38. The Bertz CT molecular complexity index is 565. The zero-order valence-corrected chi connectivity index (χ0v) is 12.5. The number of fused-ring (bicyclic) bond motifs is 3. The van der Waals surface area contributed by atoms with E-state index in [0.717, 1.165) is 47.6 Å². The summed E-state index contributed by atoms with van der Waals surface area (Å²) in [6.45, 7) is 0. The molecule has 1 aromatic rings. The summed E-state index contributed by atoms with van der Waals surface area (Å²) in [7, 11) is 3.26. The van der Waals surface area contributed by atoms with Crippen molar-refractivity contribution in [2.24, 2.45) is 5.92 Å². The first-order chi connectivity index (χ1) is 9.65. The van der Waals surface area contributed by atoms with Gasteiger partial charge in [-0.25, -0.2) is 0 Å². The lowest BCUT2D eigenvalue weighted by atomic mass is 9.73. The van der Waals surface area contributed by atoms with Crippen molar-refractivity contribution < 1.29 is 14.6 Å². The van der Waals surface area contributed by atoms with Gasteiger partial charge in [0.05, 0.1) is 20.3 Å². The SMILES string of the molecule is COc1cc(Cl)c2c(c1OC)C1=C[C@H](O)CC[C@H]1CC2. The topological polar surface area (TPSA) is 38.7 Å². The molecule has 0 saturated heterocycles. The lowest BCUT2D eigenvalue weighted by molar-refractivity contribution is 0.195. The van der Waals surface area contributed by atoms with Gasteiger partial charge in [-0.1, -0.05) is 17.7 Å². The van der Waals surface area contributed by atoms with Crippen molar-refractivity contribution in [2.45, 2.75) is 31.8 Å². The van der Waals surface area contributed by atoms with Crippen molar-refractivity contribution in [1.29, 1.82) is 0 Å². The predicted molar refractivity (Wildman–Crippen MR) is 79.6 cm³/mol. The highest BCUT2D eigenvalue weighted by Crippen LogP contribution is 2.50. The maximum Gasteiger partial charge on any atom is 0.168 e. The van der Waals surface area contributed by atoms with Gasteiger partial charge >= 0.3 is 0 Å². The highest BCUT2D eigenvalue weighted by atomic mass is 35.5. The second kappa shape index (κ2) is 5.30. The second-order valence-corrected chi connectivity index (χ2v) is 5.86. The molecule has 0 saturated carbocycles. The van der Waals surface area contributed by atoms with Crippen LogP contribution in [0, 0.1) is 5.92 Å². The molecule has 0 fully saturated rings. The first kappa shape index (κ1) is 13.8. The number of aliphatic hydroxyl groups is 1. The molecule has 4 heteroatoms. The van der Waals surface area contributed by atoms with Gasteiger partial charge in [0.2, 0.25) is 0 Å². The van der Waals surface area contributed by atoms with Gasteiger partial charge in [-0.2, -0.15) is 0 Å². The van der Waals surface area contributed by atoms with E-state index >= 15 is 0 Å². The van der Waals surface area contributed by atoms with Crippen LogP contribution in [0.3, 0.4) is 0 Å². The number of ether oxygens (including phenoxy) is 2. The molecule has 2 aliphatic rings. The average Bonchev–Trinajstić information content (AvgIpc) is 2.46. The molecule has 0 heterocycles. The molecule has 0 aliphatic heterocycles. The monoisotopic (exact) mass is 294 g/mol. The van der Waals surface area contributed by atoms with Crippen LogP contribution >= 0.6 is 11.6 Å². The number of rotatable bonds is 2. The van der Waals surface area contributed by atoms with Crippen LogP contribution in [0.2, 0.25) is 5.02 Å². The molecule has 0 bridgehead atoms. The summed E-state index contributed by atoms with van der Waals surface area (Å²) in [6, 6.07) is 1.82. The molecule has 0 radical (unpaired) electrons. The maximum absolute atomic E-state index is 9.95. The lowest BCUT2D eigenvalue weighted by Crippen LogP contribution is -2.22. The number of aliphatic hydroxyl groups excluding tert-OH is 1. The molecule has 0 amide bonds. The molecule has 0 unspecified atom stereocenters. The normalized spacial score (nSPS) is 24.5. The summed E-state index contributed by atoms with van der Waals surface area (Å²) in [5.41, 5.74) is 3.32. The van der Waals surface area contributed by atoms with E-state index in [2.05, 4.69) is 0 Å². The van der Waals surface area contributed by atoms with E-state index in [4.69, 9.17) is 21.1 Å². The van der Waals surface area contributed by atoms with Gasteiger partial charge in [0.1, 0.15) is 0 Å². The van der Waals surface area contributed by atoms with Gasteiger partial charge in [0.15, 0.2) is 11.5 Å². The minimum absolute atomic E-state index is 0.373. The number of methoxy groups -OCH3 is 2. The number of hydrogen-bond donors (Lipinski definition) is 1. The molecular weight excluding hydrogens is 276 g/mol. The highest BCUT2D eigenvalue weighted by molar-refractivity contribution is 6.32. The Morgan fingerprint density at radius 3 is 2.70 bits per heavy atom. The minimum atomic E-state index is -0.373. The van der Waals surface area contributed by atoms with Crippen molar-refractivity contribution in [3.63, 3.8) is 0 Å². The molecule has 0 spiro atoms. The molecule has 108 valence electrons. The fraction of sp³-hybridized carbons (Fsp3) is 0.500. The second-order valence-electron chi connectivity index (χ2n) is 5.45. The van der Waals surface area contributed by atoms with E-state index in [0.29, 0.717) is 11.7 Å². The summed E-state index contributed by atoms with van der Waals surface area (Å²) in [5, 5.41) is 10.7. The Morgan fingerprint density at radius 1 is 1.20 bits per heavy atom. The first-order valence-corrected chi connectivity index (χ1v) is 7.37. The predicted octanol–water partition coefficient (Wildman–Crippen LogP) is 3.46. The summed E-state index contributed by atoms with van der Waals surface area (Å²) >= 11 is 6.40. The molecular formula is C16H19ClO3. The number of hydrogen-bond acceptors (Lipinski definition) is 3. The van der Waals surface area contributed by atoms with Crippen LogP contribution in [0.4, 0.5) is 0 Å². The summed E-state index contributed by atoms with van der Waals surface area (Å²) in [5.74, 6) is 1.87. The zero-order chi connectivity index (χ0) is 14.3. The Kier molecular flexibility index (Phi) is 3.65. The molecule has 3 rings (SSSR count). The molecule has 0 aromatic heterocycles. The van der Waals surface area contributed by atoms with E-state index in [1.165, 1.54) is 5.57 Å². The Morgan fingerprint density at radius 2 is 2.00 bits per heavy atom. The van der Waals surface area contributed by atoms with E-state index in [1.807, 2.05) is 12.1 Å². The zero-order valence-electron chi connectivity index (χ0n) is 11.8. The summed E-state index contributed by atoms with van der Waals surface area (Å²) in [6.07, 6.45) is 5.48. The highest BCUT2D eigenvalue weighted by Gasteiger charge is 2.33. The van der Waals surface area contributed by atoms with Gasteiger partial charge in [-0.15, -0.1) is 0 Å². The summed E-state index contributed by atoms with van der Waals surface area (Å²) in [4.78, 5) is 0. The summed E-state index contributed by atoms with van der Waals surface area (Å²) < 4.78 is 11.0. The first-order valence-electron chi connectivity index (χ1n) is 6.99. The molecule has 2 atom stereocenters. The van der Waals surface area contributed by atoms with Crippen LogP contribution in [-0.2, 0) is 6.42 Å². The van der Waals surface area contributed by atoms with Gasteiger partial charge in [-0.05, 0) is 42.7 Å². The number of halogens is 1. The van der Waals surface area contributed by atoms with Crippen LogP contribution in [0.1, 0.15) is 30.4 Å². The van der Waals surface area contributed by atoms with Crippen molar-refractivity contribution in [2.75, 3.05) is 14.2 Å². The Labute approximate surface area is 124 Å². The van der Waals surface area contributed by atoms with Crippen LogP contribution in [-0.4, -0.2) is 25.4 Å². The van der Waals surface area contributed by atoms with Crippen molar-refractivity contribution in [3.05, 3.63) is 28.3 Å². The fourth-order valence-electron chi connectivity index (χ4n) is 3.41. The van der Waals surface area contributed by atoms with Crippen molar-refractivity contribution >= 4 is 17.2 Å². The standard InChI is InChI=1S/C16H19ClO3/c1-19-14-8-13(17)11-6-4-9-3-5-10(18)7-12(9)15(11)16(14)20-2/h7-10,18H,3-6H2,1-2H3/t9-,10+/m0/s1. The van der Waals surface area contributed by atoms with E-state index in [9.17, 15) is 5.11 Å². The quantitative estimate of drug-likeness (QED) is 0.908. The smallest absolute Gasteiger partial charge is 0.168 e.